The molecule has 1 aliphatic carbocycles. The standard InChI is InChI=1S/C14H19ClN2OS/c1-19-11-4-2-3-10(8-11)17-14(18)12-6-5-9(15)7-13(12)16/h5-7,10-11H,2-4,8,16H2,1H3,(H,17,18). The van der Waals surface area contributed by atoms with Crippen molar-refractivity contribution in [3.63, 3.8) is 0 Å². The summed E-state index contributed by atoms with van der Waals surface area (Å²) >= 11 is 7.72. The van der Waals surface area contributed by atoms with Crippen LogP contribution in [0.4, 0.5) is 5.69 Å². The van der Waals surface area contributed by atoms with Crippen molar-refractivity contribution >= 4 is 35.0 Å². The highest BCUT2D eigenvalue weighted by Gasteiger charge is 2.23. The molecule has 0 spiro atoms. The number of carbonyl (C=O) groups excluding carboxylic acids is 1. The van der Waals surface area contributed by atoms with Crippen molar-refractivity contribution in [1.29, 1.82) is 0 Å². The van der Waals surface area contributed by atoms with Gasteiger partial charge in [-0.15, -0.1) is 0 Å². The van der Waals surface area contributed by atoms with Gasteiger partial charge in [-0.3, -0.25) is 4.79 Å². The van der Waals surface area contributed by atoms with Gasteiger partial charge < -0.3 is 11.1 Å². The minimum absolute atomic E-state index is 0.0964. The largest absolute Gasteiger partial charge is 0.398 e. The Morgan fingerprint density at radius 1 is 1.47 bits per heavy atom. The van der Waals surface area contributed by atoms with Crippen molar-refractivity contribution in [1.82, 2.24) is 5.32 Å². The Kier molecular flexibility index (Phi) is 4.99. The topological polar surface area (TPSA) is 55.1 Å². The smallest absolute Gasteiger partial charge is 0.253 e. The third kappa shape index (κ3) is 3.80. The Labute approximate surface area is 123 Å². The molecule has 2 rings (SSSR count). The van der Waals surface area contributed by atoms with Crippen LogP contribution in [0.15, 0.2) is 18.2 Å². The van der Waals surface area contributed by atoms with Gasteiger partial charge in [-0.25, -0.2) is 0 Å². The molecule has 0 aliphatic heterocycles. The van der Waals surface area contributed by atoms with E-state index >= 15 is 0 Å². The number of benzene rings is 1. The molecule has 2 atom stereocenters. The molecular formula is C14H19ClN2OS. The first-order chi connectivity index (χ1) is 9.10. The van der Waals surface area contributed by atoms with Gasteiger partial charge in [-0.1, -0.05) is 18.0 Å². The minimum atomic E-state index is -0.0964. The van der Waals surface area contributed by atoms with E-state index in [1.54, 1.807) is 18.2 Å². The van der Waals surface area contributed by atoms with Crippen LogP contribution < -0.4 is 11.1 Å². The van der Waals surface area contributed by atoms with Gasteiger partial charge in [0.1, 0.15) is 0 Å². The summed E-state index contributed by atoms with van der Waals surface area (Å²) < 4.78 is 0. The van der Waals surface area contributed by atoms with Crippen LogP contribution in [0.5, 0.6) is 0 Å². The highest BCUT2D eigenvalue weighted by molar-refractivity contribution is 7.99. The van der Waals surface area contributed by atoms with E-state index in [-0.39, 0.29) is 11.9 Å². The lowest BCUT2D eigenvalue weighted by Crippen LogP contribution is -2.39. The maximum Gasteiger partial charge on any atom is 0.253 e. The van der Waals surface area contributed by atoms with Crippen LogP contribution in [-0.4, -0.2) is 23.5 Å². The maximum atomic E-state index is 12.2. The monoisotopic (exact) mass is 298 g/mol. The summed E-state index contributed by atoms with van der Waals surface area (Å²) in [6.07, 6.45) is 6.64. The zero-order chi connectivity index (χ0) is 13.8. The first-order valence-electron chi connectivity index (χ1n) is 6.49. The Balaban J connectivity index is 2.00. The van der Waals surface area contributed by atoms with E-state index in [1.807, 2.05) is 11.8 Å². The van der Waals surface area contributed by atoms with Gasteiger partial charge in [0.05, 0.1) is 5.56 Å². The van der Waals surface area contributed by atoms with E-state index in [1.165, 1.54) is 12.8 Å². The Morgan fingerprint density at radius 2 is 2.26 bits per heavy atom. The van der Waals surface area contributed by atoms with Crippen LogP contribution in [0.2, 0.25) is 5.02 Å². The fraction of sp³-hybridized carbons (Fsp3) is 0.500. The highest BCUT2D eigenvalue weighted by Crippen LogP contribution is 2.27. The van der Waals surface area contributed by atoms with Crippen molar-refractivity contribution in [3.05, 3.63) is 28.8 Å². The number of thioether (sulfide) groups is 1. The Morgan fingerprint density at radius 3 is 2.95 bits per heavy atom. The number of amides is 1. The van der Waals surface area contributed by atoms with Crippen LogP contribution in [-0.2, 0) is 0 Å². The summed E-state index contributed by atoms with van der Waals surface area (Å²) in [4.78, 5) is 12.2. The summed E-state index contributed by atoms with van der Waals surface area (Å²) in [5, 5.41) is 4.29. The molecule has 0 bridgehead atoms. The van der Waals surface area contributed by atoms with Crippen molar-refractivity contribution in [3.8, 4) is 0 Å². The molecule has 0 aromatic heterocycles. The van der Waals surface area contributed by atoms with Crippen LogP contribution in [0.1, 0.15) is 36.0 Å². The van der Waals surface area contributed by atoms with E-state index in [2.05, 4.69) is 11.6 Å². The molecule has 3 N–H and O–H groups in total. The molecule has 1 saturated carbocycles. The van der Waals surface area contributed by atoms with Gasteiger partial charge in [0.15, 0.2) is 0 Å². The molecule has 19 heavy (non-hydrogen) atoms. The van der Waals surface area contributed by atoms with Gasteiger partial charge in [0, 0.05) is 22.0 Å². The molecule has 0 saturated heterocycles. The molecule has 2 unspecified atom stereocenters. The van der Waals surface area contributed by atoms with Crippen molar-refractivity contribution < 1.29 is 4.79 Å². The molecule has 0 heterocycles. The number of nitrogen functional groups attached to an aromatic ring is 1. The van der Waals surface area contributed by atoms with Crippen LogP contribution >= 0.6 is 23.4 Å². The van der Waals surface area contributed by atoms with E-state index in [4.69, 9.17) is 17.3 Å². The van der Waals surface area contributed by atoms with E-state index in [0.717, 1.165) is 12.8 Å². The highest BCUT2D eigenvalue weighted by atomic mass is 35.5. The third-order valence-corrected chi connectivity index (χ3v) is 4.88. The van der Waals surface area contributed by atoms with E-state index in [0.29, 0.717) is 21.5 Å². The third-order valence-electron chi connectivity index (χ3n) is 3.55. The van der Waals surface area contributed by atoms with Gasteiger partial charge in [0.25, 0.3) is 5.91 Å². The minimum Gasteiger partial charge on any atom is -0.398 e. The zero-order valence-corrected chi connectivity index (χ0v) is 12.6. The normalized spacial score (nSPS) is 23.1. The number of nitrogens with two attached hydrogens (primary N) is 1. The first kappa shape index (κ1) is 14.5. The molecule has 1 fully saturated rings. The average molecular weight is 299 g/mol. The van der Waals surface area contributed by atoms with E-state index < -0.39 is 0 Å². The lowest BCUT2D eigenvalue weighted by atomic mass is 9.94. The van der Waals surface area contributed by atoms with Crippen molar-refractivity contribution in [2.75, 3.05) is 12.0 Å². The molecule has 1 aliphatic rings. The first-order valence-corrected chi connectivity index (χ1v) is 8.15. The molecular weight excluding hydrogens is 280 g/mol. The lowest BCUT2D eigenvalue weighted by molar-refractivity contribution is 0.0929. The predicted molar refractivity (Wildman–Crippen MR) is 82.9 cm³/mol. The molecule has 3 nitrogen and oxygen atoms in total. The van der Waals surface area contributed by atoms with Gasteiger partial charge in [-0.05, 0) is 43.7 Å². The summed E-state index contributed by atoms with van der Waals surface area (Å²) in [6, 6.07) is 5.25. The van der Waals surface area contributed by atoms with Crippen LogP contribution in [0.3, 0.4) is 0 Å². The predicted octanol–water partition coefficient (Wildman–Crippen LogP) is 3.33. The number of rotatable bonds is 3. The van der Waals surface area contributed by atoms with Gasteiger partial charge in [-0.2, -0.15) is 11.8 Å². The molecule has 5 heteroatoms. The maximum absolute atomic E-state index is 12.2. The number of anilines is 1. The summed E-state index contributed by atoms with van der Waals surface area (Å²) in [7, 11) is 0. The average Bonchev–Trinajstić information content (AvgIpc) is 2.38. The second kappa shape index (κ2) is 6.53. The number of hydrogen-bond acceptors (Lipinski definition) is 3. The number of nitrogens with one attached hydrogen (secondary N) is 1. The molecule has 1 aromatic rings. The molecule has 104 valence electrons. The fourth-order valence-corrected chi connectivity index (χ4v) is 3.50. The van der Waals surface area contributed by atoms with E-state index in [9.17, 15) is 4.79 Å². The summed E-state index contributed by atoms with van der Waals surface area (Å²) in [5.41, 5.74) is 6.77. The van der Waals surface area contributed by atoms with Crippen LogP contribution in [0.25, 0.3) is 0 Å². The number of halogens is 1. The number of hydrogen-bond donors (Lipinski definition) is 2. The Hall–Kier alpha value is -0.870. The van der Waals surface area contributed by atoms with Gasteiger partial charge in [0.2, 0.25) is 0 Å². The second-order valence-corrected chi connectivity index (χ2v) is 6.50. The SMILES string of the molecule is CSC1CCCC(NC(=O)c2ccc(Cl)cc2N)C1. The van der Waals surface area contributed by atoms with Crippen LogP contribution in [0, 0.1) is 0 Å². The fourth-order valence-electron chi connectivity index (χ4n) is 2.49. The second-order valence-electron chi connectivity index (χ2n) is 4.93. The Bertz CT molecular complexity index is 467. The molecule has 1 amide bonds. The van der Waals surface area contributed by atoms with Gasteiger partial charge >= 0.3 is 0 Å². The number of carbonyl (C=O) groups is 1. The summed E-state index contributed by atoms with van der Waals surface area (Å²) in [6.45, 7) is 0. The molecule has 1 aromatic carbocycles. The zero-order valence-electron chi connectivity index (χ0n) is 11.0. The summed E-state index contributed by atoms with van der Waals surface area (Å²) in [5.74, 6) is -0.0964. The van der Waals surface area contributed by atoms with Crippen molar-refractivity contribution in [2.45, 2.75) is 37.0 Å². The molecule has 0 radical (unpaired) electrons. The van der Waals surface area contributed by atoms with Crippen molar-refractivity contribution in [2.24, 2.45) is 0 Å². The quantitative estimate of drug-likeness (QED) is 0.842. The lowest BCUT2D eigenvalue weighted by Gasteiger charge is -2.28.